The van der Waals surface area contributed by atoms with Crippen molar-refractivity contribution in [3.63, 3.8) is 0 Å². The molecule has 1 aromatic carbocycles. The number of hydrogen-bond acceptors (Lipinski definition) is 6. The van der Waals surface area contributed by atoms with Crippen molar-refractivity contribution < 1.29 is 13.9 Å². The molecule has 0 amide bonds. The average molecular weight is 458 g/mol. The summed E-state index contributed by atoms with van der Waals surface area (Å²) in [5.41, 5.74) is 7.49. The van der Waals surface area contributed by atoms with Gasteiger partial charge in [0, 0.05) is 17.4 Å². The molecular weight excluding hydrogens is 441 g/mol. The molecule has 0 bridgehead atoms. The van der Waals surface area contributed by atoms with Crippen LogP contribution >= 0.6 is 15.9 Å². The lowest BCUT2D eigenvalue weighted by Crippen LogP contribution is -2.14. The van der Waals surface area contributed by atoms with Gasteiger partial charge in [0.05, 0.1) is 0 Å². The van der Waals surface area contributed by atoms with Crippen molar-refractivity contribution in [1.82, 2.24) is 19.5 Å². The second kappa shape index (κ2) is 8.09. The van der Waals surface area contributed by atoms with Crippen LogP contribution in [0.25, 0.3) is 11.2 Å². The zero-order valence-corrected chi connectivity index (χ0v) is 16.9. The first-order chi connectivity index (χ1) is 14.1. The van der Waals surface area contributed by atoms with E-state index in [1.165, 1.54) is 0 Å². The maximum Gasteiger partial charge on any atom is 0.312 e. The number of allylic oxidation sites excluding steroid dienone is 1. The number of hydrogen-bond donors (Lipinski definition) is 1. The number of benzene rings is 1. The minimum Gasteiger partial charge on any atom is -0.462 e. The van der Waals surface area contributed by atoms with Crippen molar-refractivity contribution >= 4 is 32.9 Å². The predicted molar refractivity (Wildman–Crippen MR) is 109 cm³/mol. The van der Waals surface area contributed by atoms with Crippen LogP contribution in [0.15, 0.2) is 40.8 Å². The normalized spacial score (nSPS) is 14.2. The molecule has 1 aliphatic heterocycles. The highest BCUT2D eigenvalue weighted by Crippen LogP contribution is 2.39. The third kappa shape index (κ3) is 3.63. The number of imidazole rings is 1. The molecule has 0 aliphatic carbocycles. The molecule has 3 aromatic rings. The van der Waals surface area contributed by atoms with Crippen LogP contribution in [-0.4, -0.2) is 26.3 Å². The average Bonchev–Trinajstić information content (AvgIpc) is 3.33. The highest BCUT2D eigenvalue weighted by atomic mass is 79.9. The van der Waals surface area contributed by atoms with Crippen molar-refractivity contribution in [1.29, 1.82) is 0 Å². The molecule has 1 aliphatic rings. The van der Waals surface area contributed by atoms with Gasteiger partial charge in [0.2, 0.25) is 6.79 Å². The summed E-state index contributed by atoms with van der Waals surface area (Å²) >= 11 is 3.60. The Balaban J connectivity index is 1.95. The van der Waals surface area contributed by atoms with Gasteiger partial charge < -0.3 is 19.8 Å². The Bertz CT molecular complexity index is 1140. The fourth-order valence-corrected chi connectivity index (χ4v) is 3.84. The van der Waals surface area contributed by atoms with Gasteiger partial charge in [-0.3, -0.25) is 0 Å². The van der Waals surface area contributed by atoms with E-state index in [9.17, 15) is 4.39 Å². The van der Waals surface area contributed by atoms with Crippen LogP contribution in [-0.2, 0) is 16.0 Å². The van der Waals surface area contributed by atoms with Crippen molar-refractivity contribution in [2.24, 2.45) is 0 Å². The molecule has 0 radical (unpaired) electrons. The predicted octanol–water partition coefficient (Wildman–Crippen LogP) is 3.70. The molecule has 1 atom stereocenters. The lowest BCUT2D eigenvalue weighted by molar-refractivity contribution is 0.0764. The molecule has 7 nitrogen and oxygen atoms in total. The highest BCUT2D eigenvalue weighted by Gasteiger charge is 2.31. The number of anilines is 1. The molecule has 0 saturated heterocycles. The van der Waals surface area contributed by atoms with Crippen molar-refractivity contribution in [3.05, 3.63) is 58.2 Å². The highest BCUT2D eigenvalue weighted by molar-refractivity contribution is 9.10. The zero-order chi connectivity index (χ0) is 20.4. The number of unbranched alkanes of at least 4 members (excludes halogenated alkanes) is 1. The number of ether oxygens (including phenoxy) is 2. The molecule has 148 valence electrons. The number of nitrogen functional groups attached to an aromatic ring is 1. The quantitative estimate of drug-likeness (QED) is 0.344. The Hall–Kier alpha value is -3.12. The summed E-state index contributed by atoms with van der Waals surface area (Å²) in [5.74, 6) is 3.35. The third-order valence-electron chi connectivity index (χ3n) is 4.58. The van der Waals surface area contributed by atoms with Crippen molar-refractivity contribution in [3.8, 4) is 12.3 Å². The van der Waals surface area contributed by atoms with E-state index >= 15 is 0 Å². The van der Waals surface area contributed by atoms with Crippen LogP contribution in [0, 0.1) is 18.4 Å². The maximum absolute atomic E-state index is 13.9. The molecule has 2 N–H and O–H groups in total. The van der Waals surface area contributed by atoms with E-state index in [1.807, 2.05) is 28.8 Å². The number of halogens is 2. The van der Waals surface area contributed by atoms with Gasteiger partial charge >= 0.3 is 6.08 Å². The van der Waals surface area contributed by atoms with Crippen molar-refractivity contribution in [2.75, 3.05) is 12.5 Å². The molecule has 1 unspecified atom stereocenters. The maximum atomic E-state index is 13.9. The lowest BCUT2D eigenvalue weighted by Gasteiger charge is -2.20. The molecule has 2 aromatic heterocycles. The standard InChI is InChI=1S/C20H17BrFN5O2/c1-2-3-6-9-27-18(24-16-17(23)25-20(22)26-19(16)27)15(14-10-28-11-29-14)12-7-4-5-8-13(12)21/h1,4-5,7-8,10,15H,3,6,9,11H2,(H2,23,25,26). The first kappa shape index (κ1) is 19.2. The Morgan fingerprint density at radius 2 is 2.14 bits per heavy atom. The second-order valence-electron chi connectivity index (χ2n) is 6.38. The summed E-state index contributed by atoms with van der Waals surface area (Å²) in [6, 6.07) is 7.72. The SMILES string of the molecule is C#CCCCn1c(C(C2=COCO2)c2ccccc2Br)nc2c(N)nc(F)nc21. The number of terminal acetylenes is 1. The van der Waals surface area contributed by atoms with Crippen LogP contribution in [0.4, 0.5) is 10.2 Å². The minimum absolute atomic E-state index is 0.0205. The number of nitrogens with zero attached hydrogens (tertiary/aromatic N) is 4. The van der Waals surface area contributed by atoms with Crippen LogP contribution in [0.3, 0.4) is 0 Å². The smallest absolute Gasteiger partial charge is 0.312 e. The van der Waals surface area contributed by atoms with E-state index in [0.29, 0.717) is 42.1 Å². The zero-order valence-electron chi connectivity index (χ0n) is 15.3. The number of nitrogens with two attached hydrogens (primary N) is 1. The summed E-state index contributed by atoms with van der Waals surface area (Å²) in [5, 5.41) is 0. The van der Waals surface area contributed by atoms with Gasteiger partial charge in [0.15, 0.2) is 17.0 Å². The van der Waals surface area contributed by atoms with Crippen LogP contribution in [0.5, 0.6) is 0 Å². The first-order valence-corrected chi connectivity index (χ1v) is 9.71. The number of aryl methyl sites for hydroxylation is 1. The Morgan fingerprint density at radius 1 is 1.31 bits per heavy atom. The summed E-state index contributed by atoms with van der Waals surface area (Å²) in [6.45, 7) is 0.602. The Labute approximate surface area is 174 Å². The van der Waals surface area contributed by atoms with E-state index < -0.39 is 12.0 Å². The summed E-state index contributed by atoms with van der Waals surface area (Å²) in [4.78, 5) is 12.3. The number of rotatable bonds is 6. The molecule has 0 saturated carbocycles. The number of aromatic nitrogens is 4. The fourth-order valence-electron chi connectivity index (χ4n) is 3.32. The molecule has 0 fully saturated rings. The Kier molecular flexibility index (Phi) is 5.36. The van der Waals surface area contributed by atoms with E-state index in [1.54, 1.807) is 6.26 Å². The first-order valence-electron chi connectivity index (χ1n) is 8.91. The van der Waals surface area contributed by atoms with Gasteiger partial charge in [-0.25, -0.2) is 4.98 Å². The second-order valence-corrected chi connectivity index (χ2v) is 7.24. The molecule has 29 heavy (non-hydrogen) atoms. The van der Waals surface area contributed by atoms with Gasteiger partial charge in [-0.15, -0.1) is 12.3 Å². The van der Waals surface area contributed by atoms with Gasteiger partial charge in [-0.05, 0) is 18.1 Å². The van der Waals surface area contributed by atoms with Gasteiger partial charge in [-0.2, -0.15) is 14.4 Å². The largest absolute Gasteiger partial charge is 0.462 e. The van der Waals surface area contributed by atoms with E-state index in [4.69, 9.17) is 26.6 Å². The van der Waals surface area contributed by atoms with Crippen LogP contribution < -0.4 is 5.73 Å². The summed E-state index contributed by atoms with van der Waals surface area (Å²) < 4.78 is 27.6. The van der Waals surface area contributed by atoms with E-state index in [0.717, 1.165) is 10.0 Å². The Morgan fingerprint density at radius 3 is 2.86 bits per heavy atom. The minimum atomic E-state index is -0.906. The number of fused-ring (bicyclic) bond motifs is 1. The molecule has 9 heteroatoms. The fraction of sp³-hybridized carbons (Fsp3) is 0.250. The van der Waals surface area contributed by atoms with Gasteiger partial charge in [0.25, 0.3) is 0 Å². The summed E-state index contributed by atoms with van der Waals surface area (Å²) in [6.07, 6.45) is 7.29. The van der Waals surface area contributed by atoms with Gasteiger partial charge in [0.1, 0.15) is 23.8 Å². The molecule has 0 spiro atoms. The van der Waals surface area contributed by atoms with E-state index in [2.05, 4.69) is 31.8 Å². The van der Waals surface area contributed by atoms with E-state index in [-0.39, 0.29) is 12.6 Å². The van der Waals surface area contributed by atoms with Crippen LogP contribution in [0.1, 0.15) is 30.1 Å². The lowest BCUT2D eigenvalue weighted by atomic mass is 9.96. The monoisotopic (exact) mass is 457 g/mol. The summed E-state index contributed by atoms with van der Waals surface area (Å²) in [7, 11) is 0. The molecule has 4 rings (SSSR count). The topological polar surface area (TPSA) is 88.1 Å². The molecule has 3 heterocycles. The third-order valence-corrected chi connectivity index (χ3v) is 5.30. The van der Waals surface area contributed by atoms with Gasteiger partial charge in [-0.1, -0.05) is 34.1 Å². The van der Waals surface area contributed by atoms with Crippen molar-refractivity contribution in [2.45, 2.75) is 25.3 Å². The van der Waals surface area contributed by atoms with Crippen LogP contribution in [0.2, 0.25) is 0 Å². The molecular formula is C20H17BrFN5O2.